The van der Waals surface area contributed by atoms with Gasteiger partial charge in [-0.05, 0) is 43.2 Å². The van der Waals surface area contributed by atoms with Crippen molar-refractivity contribution >= 4 is 39.5 Å². The van der Waals surface area contributed by atoms with E-state index in [1.807, 2.05) is 24.3 Å². The number of aromatic nitrogens is 3. The van der Waals surface area contributed by atoms with Gasteiger partial charge < -0.3 is 15.2 Å². The van der Waals surface area contributed by atoms with E-state index in [0.29, 0.717) is 22.5 Å². The fourth-order valence-electron chi connectivity index (χ4n) is 3.82. The molecule has 0 atom stereocenters. The Morgan fingerprint density at radius 1 is 1.03 bits per heavy atom. The number of benzene rings is 2. The summed E-state index contributed by atoms with van der Waals surface area (Å²) in [6.45, 7) is 1.67. The second-order valence-corrected chi connectivity index (χ2v) is 7.27. The molecule has 1 aliphatic rings. The predicted octanol–water partition coefficient (Wildman–Crippen LogP) is 3.46. The number of pyridine rings is 1. The van der Waals surface area contributed by atoms with Crippen LogP contribution in [0.3, 0.4) is 0 Å². The molecular formula is C22H18FN5O2. The molecule has 0 saturated carbocycles. The van der Waals surface area contributed by atoms with Gasteiger partial charge >= 0.3 is 0 Å². The van der Waals surface area contributed by atoms with Crippen molar-refractivity contribution in [3.8, 4) is 0 Å². The molecular weight excluding hydrogens is 385 g/mol. The molecule has 0 radical (unpaired) electrons. The van der Waals surface area contributed by atoms with Crippen molar-refractivity contribution in [3.05, 3.63) is 70.3 Å². The highest BCUT2D eigenvalue weighted by Gasteiger charge is 2.22. The second kappa shape index (κ2) is 7.22. The molecule has 1 amide bonds. The van der Waals surface area contributed by atoms with E-state index >= 15 is 0 Å². The maximum absolute atomic E-state index is 13.6. The molecule has 5 rings (SSSR count). The molecule has 30 heavy (non-hydrogen) atoms. The molecule has 0 bridgehead atoms. The van der Waals surface area contributed by atoms with Crippen molar-refractivity contribution in [2.45, 2.75) is 12.8 Å². The lowest BCUT2D eigenvalue weighted by Crippen LogP contribution is -2.24. The number of hydrogen-bond donors (Lipinski definition) is 2. The largest absolute Gasteiger partial charge is 0.354 e. The molecule has 7 nitrogen and oxygen atoms in total. The average Bonchev–Trinajstić information content (AvgIpc) is 3.27. The van der Waals surface area contributed by atoms with E-state index in [1.165, 1.54) is 24.3 Å². The molecule has 8 heteroatoms. The Balaban J connectivity index is 1.60. The SMILES string of the molecule is O=C(Nc1nc2ccccc2nc1N1CCCC1)c1cc(=O)[nH]c2cc(F)ccc12. The number of anilines is 2. The van der Waals surface area contributed by atoms with Gasteiger partial charge in [0.2, 0.25) is 5.56 Å². The molecule has 0 unspecified atom stereocenters. The van der Waals surface area contributed by atoms with Gasteiger partial charge in [0.15, 0.2) is 11.6 Å². The average molecular weight is 403 g/mol. The lowest BCUT2D eigenvalue weighted by Gasteiger charge is -2.20. The number of nitrogens with one attached hydrogen (secondary N) is 2. The van der Waals surface area contributed by atoms with E-state index < -0.39 is 17.3 Å². The minimum Gasteiger partial charge on any atom is -0.354 e. The number of halogens is 1. The van der Waals surface area contributed by atoms with Crippen LogP contribution in [0.4, 0.5) is 16.0 Å². The van der Waals surface area contributed by atoms with Crippen LogP contribution in [0.25, 0.3) is 21.9 Å². The zero-order valence-electron chi connectivity index (χ0n) is 16.0. The summed E-state index contributed by atoms with van der Waals surface area (Å²) in [5.74, 6) is -0.0361. The molecule has 2 aromatic carbocycles. The van der Waals surface area contributed by atoms with Crippen LogP contribution < -0.4 is 15.8 Å². The van der Waals surface area contributed by atoms with Crippen LogP contribution in [-0.4, -0.2) is 33.9 Å². The Labute approximate surface area is 170 Å². The Kier molecular flexibility index (Phi) is 4.39. The Hall–Kier alpha value is -3.81. The second-order valence-electron chi connectivity index (χ2n) is 7.27. The number of carbonyl (C=O) groups is 1. The van der Waals surface area contributed by atoms with Crippen molar-refractivity contribution in [1.29, 1.82) is 0 Å². The quantitative estimate of drug-likeness (QED) is 0.547. The standard InChI is InChI=1S/C22H18FN5O2/c23-13-7-8-14-15(12-19(29)24-18(14)11-13)22(30)27-20-21(28-9-3-4-10-28)26-17-6-2-1-5-16(17)25-20/h1-2,5-8,11-12H,3-4,9-10H2,(H,24,29)(H,25,27,30). The van der Waals surface area contributed by atoms with Gasteiger partial charge in [-0.15, -0.1) is 0 Å². The van der Waals surface area contributed by atoms with E-state index in [9.17, 15) is 14.0 Å². The zero-order valence-corrected chi connectivity index (χ0v) is 16.0. The van der Waals surface area contributed by atoms with Crippen LogP contribution in [0, 0.1) is 5.82 Å². The minimum absolute atomic E-state index is 0.149. The van der Waals surface area contributed by atoms with Crippen LogP contribution in [0.2, 0.25) is 0 Å². The Morgan fingerprint density at radius 3 is 2.53 bits per heavy atom. The summed E-state index contributed by atoms with van der Waals surface area (Å²) in [4.78, 5) is 39.2. The highest BCUT2D eigenvalue weighted by atomic mass is 19.1. The summed E-state index contributed by atoms with van der Waals surface area (Å²) in [6, 6.07) is 12.6. The lowest BCUT2D eigenvalue weighted by molar-refractivity contribution is 0.102. The minimum atomic E-state index is -0.497. The third kappa shape index (κ3) is 3.26. The normalized spacial score (nSPS) is 13.8. The van der Waals surface area contributed by atoms with Gasteiger partial charge in [0, 0.05) is 24.5 Å². The van der Waals surface area contributed by atoms with Gasteiger partial charge in [-0.3, -0.25) is 9.59 Å². The van der Waals surface area contributed by atoms with Gasteiger partial charge in [0.05, 0.1) is 22.1 Å². The van der Waals surface area contributed by atoms with Crippen LogP contribution >= 0.6 is 0 Å². The Morgan fingerprint density at radius 2 is 1.77 bits per heavy atom. The number of amides is 1. The maximum Gasteiger partial charge on any atom is 0.257 e. The number of carbonyl (C=O) groups excluding carboxylic acids is 1. The van der Waals surface area contributed by atoms with E-state index in [1.54, 1.807) is 0 Å². The molecule has 0 aliphatic carbocycles. The topological polar surface area (TPSA) is 91.0 Å². The number of fused-ring (bicyclic) bond motifs is 2. The van der Waals surface area contributed by atoms with E-state index in [0.717, 1.165) is 31.4 Å². The molecule has 1 aliphatic heterocycles. The summed E-state index contributed by atoms with van der Waals surface area (Å²) in [7, 11) is 0. The van der Waals surface area contributed by atoms with Crippen molar-refractivity contribution < 1.29 is 9.18 Å². The van der Waals surface area contributed by atoms with Crippen molar-refractivity contribution in [2.75, 3.05) is 23.3 Å². The van der Waals surface area contributed by atoms with E-state index in [4.69, 9.17) is 4.98 Å². The van der Waals surface area contributed by atoms with Crippen LogP contribution in [0.5, 0.6) is 0 Å². The van der Waals surface area contributed by atoms with E-state index in [-0.39, 0.29) is 11.1 Å². The van der Waals surface area contributed by atoms with Crippen LogP contribution in [0.15, 0.2) is 53.3 Å². The molecule has 3 heterocycles. The lowest BCUT2D eigenvalue weighted by atomic mass is 10.1. The highest BCUT2D eigenvalue weighted by molar-refractivity contribution is 6.12. The highest BCUT2D eigenvalue weighted by Crippen LogP contribution is 2.28. The number of rotatable bonds is 3. The van der Waals surface area contributed by atoms with Crippen LogP contribution in [0.1, 0.15) is 23.2 Å². The van der Waals surface area contributed by atoms with Gasteiger partial charge in [-0.25, -0.2) is 14.4 Å². The zero-order chi connectivity index (χ0) is 20.7. The maximum atomic E-state index is 13.6. The van der Waals surface area contributed by atoms with Gasteiger partial charge in [-0.2, -0.15) is 0 Å². The van der Waals surface area contributed by atoms with Gasteiger partial charge in [0.25, 0.3) is 5.91 Å². The summed E-state index contributed by atoms with van der Waals surface area (Å²) >= 11 is 0. The first-order valence-corrected chi connectivity index (χ1v) is 9.74. The summed E-state index contributed by atoms with van der Waals surface area (Å²) in [5, 5.41) is 3.28. The van der Waals surface area contributed by atoms with Gasteiger partial charge in [0.1, 0.15) is 5.82 Å². The summed E-state index contributed by atoms with van der Waals surface area (Å²) in [6.07, 6.45) is 2.10. The first kappa shape index (κ1) is 18.2. The predicted molar refractivity (Wildman–Crippen MR) is 113 cm³/mol. The van der Waals surface area contributed by atoms with Crippen molar-refractivity contribution in [2.24, 2.45) is 0 Å². The molecule has 1 fully saturated rings. The summed E-state index contributed by atoms with van der Waals surface area (Å²) in [5.41, 5.74) is 1.33. The van der Waals surface area contributed by atoms with E-state index in [2.05, 4.69) is 20.2 Å². The molecule has 4 aromatic rings. The molecule has 1 saturated heterocycles. The molecule has 2 N–H and O–H groups in total. The molecule has 0 spiro atoms. The number of nitrogens with zero attached hydrogens (tertiary/aromatic N) is 3. The molecule has 2 aromatic heterocycles. The number of hydrogen-bond acceptors (Lipinski definition) is 5. The number of H-pyrrole nitrogens is 1. The van der Waals surface area contributed by atoms with Crippen LogP contribution in [-0.2, 0) is 0 Å². The first-order valence-electron chi connectivity index (χ1n) is 9.74. The third-order valence-electron chi connectivity index (χ3n) is 5.24. The molecule has 150 valence electrons. The van der Waals surface area contributed by atoms with Gasteiger partial charge in [-0.1, -0.05) is 12.1 Å². The smallest absolute Gasteiger partial charge is 0.257 e. The monoisotopic (exact) mass is 403 g/mol. The number of aromatic amines is 1. The third-order valence-corrected chi connectivity index (χ3v) is 5.24. The first-order chi connectivity index (χ1) is 14.6. The summed E-state index contributed by atoms with van der Waals surface area (Å²) < 4.78 is 13.6. The van der Waals surface area contributed by atoms with Crippen molar-refractivity contribution in [1.82, 2.24) is 15.0 Å². The Bertz CT molecular complexity index is 1340. The fraction of sp³-hybridized carbons (Fsp3) is 0.182. The van der Waals surface area contributed by atoms with Crippen molar-refractivity contribution in [3.63, 3.8) is 0 Å². The number of para-hydroxylation sites is 2. The fourth-order valence-corrected chi connectivity index (χ4v) is 3.82.